The Morgan fingerprint density at radius 2 is 1.89 bits per heavy atom. The number of aldehydes is 1. The van der Waals surface area contributed by atoms with Crippen molar-refractivity contribution in [3.63, 3.8) is 0 Å². The maximum absolute atomic E-state index is 10.8. The molecule has 1 aromatic carbocycles. The van der Waals surface area contributed by atoms with Crippen LogP contribution in [0.5, 0.6) is 0 Å². The van der Waals surface area contributed by atoms with Crippen LogP contribution in [0.2, 0.25) is 0 Å². The van der Waals surface area contributed by atoms with E-state index in [9.17, 15) is 4.79 Å². The molecule has 0 aliphatic heterocycles. The number of carbonyl (C=O) groups excluding carboxylic acids is 1. The Morgan fingerprint density at radius 3 is 2.39 bits per heavy atom. The lowest BCUT2D eigenvalue weighted by atomic mass is 10.1. The van der Waals surface area contributed by atoms with Gasteiger partial charge < -0.3 is 9.80 Å². The summed E-state index contributed by atoms with van der Waals surface area (Å²) in [6, 6.07) is 6.06. The van der Waals surface area contributed by atoms with E-state index in [1.54, 1.807) is 0 Å². The molecule has 0 radical (unpaired) electrons. The fourth-order valence-electron chi connectivity index (χ4n) is 1.95. The molecule has 0 atom stereocenters. The zero-order chi connectivity index (χ0) is 13.5. The van der Waals surface area contributed by atoms with Crippen molar-refractivity contribution < 1.29 is 4.79 Å². The van der Waals surface area contributed by atoms with Crippen molar-refractivity contribution in [1.82, 2.24) is 4.90 Å². The Hall–Kier alpha value is -1.35. The number of anilines is 1. The number of likely N-dealkylation sites (N-methyl/N-ethyl adjacent to an activating group) is 1. The van der Waals surface area contributed by atoms with Gasteiger partial charge in [-0.15, -0.1) is 0 Å². The van der Waals surface area contributed by atoms with Crippen LogP contribution in [-0.2, 0) is 0 Å². The molecule has 100 valence electrons. The zero-order valence-corrected chi connectivity index (χ0v) is 11.9. The normalized spacial score (nSPS) is 10.7. The minimum Gasteiger partial charge on any atom is -0.370 e. The monoisotopic (exact) mass is 248 g/mol. The number of nitrogens with zero attached hydrogens (tertiary/aromatic N) is 2. The average Bonchev–Trinajstić information content (AvgIpc) is 2.34. The van der Waals surface area contributed by atoms with Crippen LogP contribution >= 0.6 is 0 Å². The molecule has 0 saturated heterocycles. The molecule has 0 aliphatic carbocycles. The number of aryl methyl sites for hydroxylation is 1. The molecule has 0 N–H and O–H groups in total. The summed E-state index contributed by atoms with van der Waals surface area (Å²) in [5.41, 5.74) is 3.04. The lowest BCUT2D eigenvalue weighted by Crippen LogP contribution is -2.32. The topological polar surface area (TPSA) is 23.6 Å². The van der Waals surface area contributed by atoms with Gasteiger partial charge in [-0.25, -0.2) is 0 Å². The van der Waals surface area contributed by atoms with Gasteiger partial charge in [0.15, 0.2) is 0 Å². The standard InChI is InChI=1S/C15H24N2O/c1-5-8-17(10-9-16(3)4)15-7-6-14(12-18)13(2)11-15/h6-7,11-12H,5,8-10H2,1-4H3. The summed E-state index contributed by atoms with van der Waals surface area (Å²) in [5, 5.41) is 0. The highest BCUT2D eigenvalue weighted by molar-refractivity contribution is 5.78. The first-order valence-electron chi connectivity index (χ1n) is 6.54. The highest BCUT2D eigenvalue weighted by Crippen LogP contribution is 2.18. The molecule has 0 spiro atoms. The Balaban J connectivity index is 2.84. The highest BCUT2D eigenvalue weighted by atomic mass is 16.1. The quantitative estimate of drug-likeness (QED) is 0.693. The maximum atomic E-state index is 10.8. The Morgan fingerprint density at radius 1 is 1.17 bits per heavy atom. The summed E-state index contributed by atoms with van der Waals surface area (Å²) in [4.78, 5) is 15.4. The van der Waals surface area contributed by atoms with E-state index in [2.05, 4.69) is 36.9 Å². The van der Waals surface area contributed by atoms with Crippen molar-refractivity contribution in [2.24, 2.45) is 0 Å². The smallest absolute Gasteiger partial charge is 0.150 e. The first kappa shape index (κ1) is 14.7. The molecule has 0 heterocycles. The van der Waals surface area contributed by atoms with Crippen LogP contribution in [0.3, 0.4) is 0 Å². The summed E-state index contributed by atoms with van der Waals surface area (Å²) in [6.45, 7) is 7.28. The number of benzene rings is 1. The average molecular weight is 248 g/mol. The minimum atomic E-state index is 0.780. The molecule has 0 aromatic heterocycles. The molecule has 0 aliphatic rings. The van der Waals surface area contributed by atoms with Crippen LogP contribution in [0, 0.1) is 6.92 Å². The predicted octanol–water partition coefficient (Wildman–Crippen LogP) is 2.59. The number of carbonyl (C=O) groups is 1. The van der Waals surface area contributed by atoms with Crippen LogP contribution in [0.4, 0.5) is 5.69 Å². The van der Waals surface area contributed by atoms with E-state index >= 15 is 0 Å². The van der Waals surface area contributed by atoms with Gasteiger partial charge in [-0.1, -0.05) is 6.92 Å². The summed E-state index contributed by atoms with van der Waals surface area (Å²) < 4.78 is 0. The largest absolute Gasteiger partial charge is 0.370 e. The van der Waals surface area contributed by atoms with Gasteiger partial charge in [0.25, 0.3) is 0 Å². The Bertz CT molecular complexity index is 388. The highest BCUT2D eigenvalue weighted by Gasteiger charge is 2.07. The summed E-state index contributed by atoms with van der Waals surface area (Å²) in [6.07, 6.45) is 2.05. The van der Waals surface area contributed by atoms with Crippen LogP contribution in [-0.4, -0.2) is 44.9 Å². The third-order valence-electron chi connectivity index (χ3n) is 3.06. The van der Waals surface area contributed by atoms with Crippen molar-refractivity contribution in [3.05, 3.63) is 29.3 Å². The van der Waals surface area contributed by atoms with E-state index in [0.717, 1.165) is 43.5 Å². The second kappa shape index (κ2) is 7.17. The third-order valence-corrected chi connectivity index (χ3v) is 3.06. The maximum Gasteiger partial charge on any atom is 0.150 e. The fourth-order valence-corrected chi connectivity index (χ4v) is 1.95. The Kier molecular flexibility index (Phi) is 5.86. The predicted molar refractivity (Wildman–Crippen MR) is 77.6 cm³/mol. The van der Waals surface area contributed by atoms with E-state index in [-0.39, 0.29) is 0 Å². The zero-order valence-electron chi connectivity index (χ0n) is 11.9. The molecular formula is C15H24N2O. The molecule has 0 fully saturated rings. The van der Waals surface area contributed by atoms with Gasteiger partial charge >= 0.3 is 0 Å². The third kappa shape index (κ3) is 4.15. The van der Waals surface area contributed by atoms with Crippen molar-refractivity contribution >= 4 is 12.0 Å². The number of hydrogen-bond donors (Lipinski definition) is 0. The van der Waals surface area contributed by atoms with Crippen LogP contribution in [0.1, 0.15) is 29.3 Å². The van der Waals surface area contributed by atoms with Crippen molar-refractivity contribution in [1.29, 1.82) is 0 Å². The molecule has 0 amide bonds. The molecule has 3 nitrogen and oxygen atoms in total. The van der Waals surface area contributed by atoms with Crippen molar-refractivity contribution in [3.8, 4) is 0 Å². The van der Waals surface area contributed by atoms with Gasteiger partial charge in [-0.05, 0) is 51.2 Å². The molecule has 0 unspecified atom stereocenters. The van der Waals surface area contributed by atoms with E-state index in [0.29, 0.717) is 0 Å². The van der Waals surface area contributed by atoms with Crippen LogP contribution in [0.25, 0.3) is 0 Å². The lowest BCUT2D eigenvalue weighted by Gasteiger charge is -2.26. The van der Waals surface area contributed by atoms with Gasteiger partial charge in [0.2, 0.25) is 0 Å². The fraction of sp³-hybridized carbons (Fsp3) is 0.533. The van der Waals surface area contributed by atoms with E-state index < -0.39 is 0 Å². The van der Waals surface area contributed by atoms with E-state index in [1.165, 1.54) is 5.69 Å². The first-order chi connectivity index (χ1) is 8.58. The van der Waals surface area contributed by atoms with E-state index in [4.69, 9.17) is 0 Å². The number of rotatable bonds is 7. The SMILES string of the molecule is CCCN(CCN(C)C)c1ccc(C=O)c(C)c1. The van der Waals surface area contributed by atoms with Crippen LogP contribution < -0.4 is 4.90 Å². The van der Waals surface area contributed by atoms with Gasteiger partial charge in [0.1, 0.15) is 6.29 Å². The molecule has 3 heteroatoms. The Labute approximate surface area is 110 Å². The number of hydrogen-bond acceptors (Lipinski definition) is 3. The molecule has 0 saturated carbocycles. The van der Waals surface area contributed by atoms with Crippen molar-refractivity contribution in [2.45, 2.75) is 20.3 Å². The second-order valence-electron chi connectivity index (χ2n) is 4.95. The molecule has 0 bridgehead atoms. The van der Waals surface area contributed by atoms with Crippen molar-refractivity contribution in [2.75, 3.05) is 38.6 Å². The lowest BCUT2D eigenvalue weighted by molar-refractivity contribution is 0.112. The second-order valence-corrected chi connectivity index (χ2v) is 4.95. The molecular weight excluding hydrogens is 224 g/mol. The van der Waals surface area contributed by atoms with Gasteiger partial charge in [-0.3, -0.25) is 4.79 Å². The molecule has 1 rings (SSSR count). The first-order valence-corrected chi connectivity index (χ1v) is 6.54. The van der Waals surface area contributed by atoms with Gasteiger partial charge in [-0.2, -0.15) is 0 Å². The summed E-state index contributed by atoms with van der Waals surface area (Å²) in [5.74, 6) is 0. The molecule has 18 heavy (non-hydrogen) atoms. The van der Waals surface area contributed by atoms with E-state index in [1.807, 2.05) is 19.1 Å². The minimum absolute atomic E-state index is 0.780. The molecule has 1 aromatic rings. The van der Waals surface area contributed by atoms with Gasteiger partial charge in [0.05, 0.1) is 0 Å². The van der Waals surface area contributed by atoms with Gasteiger partial charge in [0, 0.05) is 30.9 Å². The summed E-state index contributed by atoms with van der Waals surface area (Å²) >= 11 is 0. The summed E-state index contributed by atoms with van der Waals surface area (Å²) in [7, 11) is 4.18. The van der Waals surface area contributed by atoms with Crippen LogP contribution in [0.15, 0.2) is 18.2 Å².